The second-order valence-electron chi connectivity index (χ2n) is 3.96. The van der Waals surface area contributed by atoms with E-state index in [4.69, 9.17) is 9.47 Å². The molecule has 1 unspecified atom stereocenters. The van der Waals surface area contributed by atoms with Gasteiger partial charge in [0.1, 0.15) is 6.10 Å². The molecule has 0 bridgehead atoms. The maximum atomic E-state index is 10.8. The van der Waals surface area contributed by atoms with Crippen molar-refractivity contribution in [1.29, 1.82) is 0 Å². The lowest BCUT2D eigenvalue weighted by Crippen LogP contribution is -2.42. The molecule has 0 N–H and O–H groups in total. The van der Waals surface area contributed by atoms with Crippen molar-refractivity contribution >= 4 is 5.97 Å². The van der Waals surface area contributed by atoms with Gasteiger partial charge in [-0.15, -0.1) is 0 Å². The summed E-state index contributed by atoms with van der Waals surface area (Å²) < 4.78 is 10.2. The van der Waals surface area contributed by atoms with Gasteiger partial charge in [-0.25, -0.2) is 4.79 Å². The van der Waals surface area contributed by atoms with Crippen LogP contribution in [0.4, 0.5) is 0 Å². The third-order valence-electron chi connectivity index (χ3n) is 2.17. The van der Waals surface area contributed by atoms with E-state index in [1.165, 1.54) is 6.08 Å². The van der Waals surface area contributed by atoms with Crippen LogP contribution < -0.4 is 0 Å². The minimum atomic E-state index is -0.351. The Morgan fingerprint density at radius 2 is 2.38 bits per heavy atom. The molecule has 1 atom stereocenters. The molecular formula is C10H16O3. The number of esters is 1. The average Bonchev–Trinajstić information content (AvgIpc) is 2.01. The molecule has 74 valence electrons. The van der Waals surface area contributed by atoms with Crippen molar-refractivity contribution in [1.82, 2.24) is 0 Å². The van der Waals surface area contributed by atoms with Crippen molar-refractivity contribution in [3.8, 4) is 0 Å². The lowest BCUT2D eigenvalue weighted by atomic mass is 9.83. The van der Waals surface area contributed by atoms with Crippen molar-refractivity contribution in [3.63, 3.8) is 0 Å². The summed E-state index contributed by atoms with van der Waals surface area (Å²) in [7, 11) is 0. The third-order valence-corrected chi connectivity index (χ3v) is 2.17. The van der Waals surface area contributed by atoms with Gasteiger partial charge in [-0.05, 0) is 13.3 Å². The molecule has 3 heteroatoms. The maximum absolute atomic E-state index is 10.8. The van der Waals surface area contributed by atoms with Crippen LogP contribution in [0, 0.1) is 5.41 Å². The Labute approximate surface area is 78.7 Å². The Bertz CT molecular complexity index is 206. The molecule has 0 aromatic carbocycles. The van der Waals surface area contributed by atoms with E-state index in [0.717, 1.165) is 19.6 Å². The van der Waals surface area contributed by atoms with Crippen LogP contribution in [0.2, 0.25) is 0 Å². The van der Waals surface area contributed by atoms with Crippen LogP contribution >= 0.6 is 0 Å². The summed E-state index contributed by atoms with van der Waals surface area (Å²) in [5.74, 6) is -0.351. The van der Waals surface area contributed by atoms with Gasteiger partial charge in [-0.1, -0.05) is 13.5 Å². The fourth-order valence-electron chi connectivity index (χ4n) is 1.55. The first-order chi connectivity index (χ1) is 6.06. The summed E-state index contributed by atoms with van der Waals surface area (Å²) in [5.41, 5.74) is 0.195. The minimum Gasteiger partial charge on any atom is -0.460 e. The molecule has 1 saturated heterocycles. The fraction of sp³-hybridized carbons (Fsp3) is 0.700. The number of ether oxygens (including phenoxy) is 2. The highest BCUT2D eigenvalue weighted by atomic mass is 16.5. The molecule has 0 aliphatic carbocycles. The van der Waals surface area contributed by atoms with E-state index in [-0.39, 0.29) is 17.5 Å². The van der Waals surface area contributed by atoms with Gasteiger partial charge in [-0.3, -0.25) is 0 Å². The van der Waals surface area contributed by atoms with E-state index in [1.54, 1.807) is 0 Å². The second kappa shape index (κ2) is 3.92. The van der Waals surface area contributed by atoms with Crippen LogP contribution in [-0.4, -0.2) is 25.3 Å². The topological polar surface area (TPSA) is 35.5 Å². The van der Waals surface area contributed by atoms with E-state index in [9.17, 15) is 4.79 Å². The van der Waals surface area contributed by atoms with E-state index in [0.29, 0.717) is 0 Å². The summed E-state index contributed by atoms with van der Waals surface area (Å²) in [4.78, 5) is 10.8. The van der Waals surface area contributed by atoms with Crippen LogP contribution in [0.1, 0.15) is 20.3 Å². The van der Waals surface area contributed by atoms with Crippen molar-refractivity contribution < 1.29 is 14.3 Å². The Balaban J connectivity index is 2.28. The van der Waals surface area contributed by atoms with Crippen molar-refractivity contribution in [2.24, 2.45) is 5.41 Å². The number of hydrogen-bond donors (Lipinski definition) is 0. The van der Waals surface area contributed by atoms with E-state index in [2.05, 4.69) is 13.5 Å². The third kappa shape index (κ3) is 2.84. The van der Waals surface area contributed by atoms with E-state index in [1.807, 2.05) is 6.92 Å². The molecule has 0 saturated carbocycles. The Hall–Kier alpha value is -0.830. The lowest BCUT2D eigenvalue weighted by Gasteiger charge is -2.39. The van der Waals surface area contributed by atoms with Crippen LogP contribution in [0.3, 0.4) is 0 Å². The zero-order chi connectivity index (χ0) is 9.90. The minimum absolute atomic E-state index is 0.0561. The molecule has 3 nitrogen and oxygen atoms in total. The van der Waals surface area contributed by atoms with Crippen LogP contribution in [-0.2, 0) is 14.3 Å². The standard InChI is InChI=1S/C10H16O3/c1-4-9(11)13-8(2)5-10(3)6-12-7-10/h4,8H,1,5-7H2,2-3H3. The number of rotatable bonds is 4. The summed E-state index contributed by atoms with van der Waals surface area (Å²) in [6.07, 6.45) is 1.99. The summed E-state index contributed by atoms with van der Waals surface area (Å²) in [6.45, 7) is 8.91. The highest BCUT2D eigenvalue weighted by Crippen LogP contribution is 2.32. The second-order valence-corrected chi connectivity index (χ2v) is 3.96. The number of hydrogen-bond acceptors (Lipinski definition) is 3. The van der Waals surface area contributed by atoms with Gasteiger partial charge in [0, 0.05) is 11.5 Å². The quantitative estimate of drug-likeness (QED) is 0.491. The van der Waals surface area contributed by atoms with Gasteiger partial charge in [0.25, 0.3) is 0 Å². The Morgan fingerprint density at radius 1 is 1.77 bits per heavy atom. The molecule has 0 aromatic heterocycles. The summed E-state index contributed by atoms with van der Waals surface area (Å²) in [5, 5.41) is 0. The molecule has 1 rings (SSSR count). The molecule has 0 aromatic rings. The van der Waals surface area contributed by atoms with Crippen molar-refractivity contribution in [2.75, 3.05) is 13.2 Å². The first-order valence-corrected chi connectivity index (χ1v) is 4.46. The Kier molecular flexibility index (Phi) is 3.09. The van der Waals surface area contributed by atoms with Crippen molar-refractivity contribution in [2.45, 2.75) is 26.4 Å². The average molecular weight is 184 g/mol. The zero-order valence-electron chi connectivity index (χ0n) is 8.21. The van der Waals surface area contributed by atoms with Gasteiger partial charge in [0.05, 0.1) is 13.2 Å². The molecule has 1 fully saturated rings. The molecule has 1 heterocycles. The van der Waals surface area contributed by atoms with Gasteiger partial charge < -0.3 is 9.47 Å². The monoisotopic (exact) mass is 184 g/mol. The van der Waals surface area contributed by atoms with E-state index >= 15 is 0 Å². The molecule has 0 spiro atoms. The van der Waals surface area contributed by atoms with Gasteiger partial charge in [0.15, 0.2) is 0 Å². The predicted octanol–water partition coefficient (Wildman–Crippen LogP) is 1.53. The summed E-state index contributed by atoms with van der Waals surface area (Å²) >= 11 is 0. The number of carbonyl (C=O) groups excluding carboxylic acids is 1. The molecular weight excluding hydrogens is 168 g/mol. The lowest BCUT2D eigenvalue weighted by molar-refractivity contribution is -0.152. The highest BCUT2D eigenvalue weighted by Gasteiger charge is 2.35. The number of carbonyl (C=O) groups is 1. The maximum Gasteiger partial charge on any atom is 0.330 e. The zero-order valence-corrected chi connectivity index (χ0v) is 8.21. The van der Waals surface area contributed by atoms with Crippen molar-refractivity contribution in [3.05, 3.63) is 12.7 Å². The SMILES string of the molecule is C=CC(=O)OC(C)CC1(C)COC1. The van der Waals surface area contributed by atoms with E-state index < -0.39 is 0 Å². The smallest absolute Gasteiger partial charge is 0.330 e. The highest BCUT2D eigenvalue weighted by molar-refractivity contribution is 5.81. The van der Waals surface area contributed by atoms with Crippen LogP contribution in [0.25, 0.3) is 0 Å². The summed E-state index contributed by atoms with van der Waals surface area (Å²) in [6, 6.07) is 0. The van der Waals surface area contributed by atoms with Gasteiger partial charge in [-0.2, -0.15) is 0 Å². The van der Waals surface area contributed by atoms with Gasteiger partial charge in [0.2, 0.25) is 0 Å². The molecule has 13 heavy (non-hydrogen) atoms. The first kappa shape index (κ1) is 10.3. The first-order valence-electron chi connectivity index (χ1n) is 4.46. The molecule has 0 radical (unpaired) electrons. The molecule has 1 aliphatic rings. The normalized spacial score (nSPS) is 21.4. The van der Waals surface area contributed by atoms with Crippen LogP contribution in [0.15, 0.2) is 12.7 Å². The molecule has 0 amide bonds. The fourth-order valence-corrected chi connectivity index (χ4v) is 1.55. The largest absolute Gasteiger partial charge is 0.460 e. The molecule has 1 aliphatic heterocycles. The van der Waals surface area contributed by atoms with Gasteiger partial charge >= 0.3 is 5.97 Å². The Morgan fingerprint density at radius 3 is 2.77 bits per heavy atom. The van der Waals surface area contributed by atoms with Crippen LogP contribution in [0.5, 0.6) is 0 Å². The predicted molar refractivity (Wildman–Crippen MR) is 49.3 cm³/mol.